The van der Waals surface area contributed by atoms with Crippen LogP contribution >= 0.6 is 23.1 Å². The molecule has 0 radical (unpaired) electrons. The SMILES string of the molecule is Cc1ccccc1NC(=O)CSc1nnc(-c2csc3ccccc23)n1C. The maximum Gasteiger partial charge on any atom is 0.234 e. The van der Waals surface area contributed by atoms with E-state index in [4.69, 9.17) is 0 Å². The summed E-state index contributed by atoms with van der Waals surface area (Å²) in [6, 6.07) is 16.0. The number of aryl methyl sites for hydroxylation is 1. The second-order valence-electron chi connectivity index (χ2n) is 6.16. The fourth-order valence-electron chi connectivity index (χ4n) is 2.86. The summed E-state index contributed by atoms with van der Waals surface area (Å²) >= 11 is 3.08. The number of thioether (sulfide) groups is 1. The maximum atomic E-state index is 12.3. The van der Waals surface area contributed by atoms with E-state index in [1.54, 1.807) is 11.3 Å². The number of amides is 1. The first kappa shape index (κ1) is 17.8. The summed E-state index contributed by atoms with van der Waals surface area (Å²) in [6.45, 7) is 1.98. The summed E-state index contributed by atoms with van der Waals surface area (Å²) in [5.41, 5.74) is 2.95. The lowest BCUT2D eigenvalue weighted by molar-refractivity contribution is -0.113. The number of carbonyl (C=O) groups excluding carboxylic acids is 1. The Kier molecular flexibility index (Phi) is 4.96. The monoisotopic (exact) mass is 394 g/mol. The van der Waals surface area contributed by atoms with Crippen LogP contribution in [0.3, 0.4) is 0 Å². The largest absolute Gasteiger partial charge is 0.325 e. The molecular formula is C20H18N4OS2. The van der Waals surface area contributed by atoms with Gasteiger partial charge in [-0.1, -0.05) is 48.2 Å². The summed E-state index contributed by atoms with van der Waals surface area (Å²) in [6.07, 6.45) is 0. The molecule has 136 valence electrons. The van der Waals surface area contributed by atoms with Gasteiger partial charge in [0, 0.05) is 33.8 Å². The molecule has 0 atom stereocenters. The van der Waals surface area contributed by atoms with E-state index >= 15 is 0 Å². The van der Waals surface area contributed by atoms with Crippen molar-refractivity contribution < 1.29 is 4.79 Å². The molecular weight excluding hydrogens is 376 g/mol. The molecule has 2 aromatic heterocycles. The fourth-order valence-corrected chi connectivity index (χ4v) is 4.51. The molecule has 0 saturated carbocycles. The van der Waals surface area contributed by atoms with Crippen molar-refractivity contribution in [1.29, 1.82) is 0 Å². The highest BCUT2D eigenvalue weighted by Crippen LogP contribution is 2.33. The molecule has 7 heteroatoms. The van der Waals surface area contributed by atoms with Crippen LogP contribution in [0.15, 0.2) is 59.1 Å². The Morgan fingerprint density at radius 1 is 1.15 bits per heavy atom. The van der Waals surface area contributed by atoms with Gasteiger partial charge in [0.05, 0.1) is 5.75 Å². The fraction of sp³-hybridized carbons (Fsp3) is 0.150. The number of aromatic nitrogens is 3. The number of para-hydroxylation sites is 1. The van der Waals surface area contributed by atoms with E-state index in [9.17, 15) is 4.79 Å². The molecule has 0 unspecified atom stereocenters. The van der Waals surface area contributed by atoms with E-state index in [1.807, 2.05) is 54.9 Å². The van der Waals surface area contributed by atoms with Gasteiger partial charge in [-0.2, -0.15) is 0 Å². The second-order valence-corrected chi connectivity index (χ2v) is 8.02. The Labute approximate surface area is 165 Å². The zero-order chi connectivity index (χ0) is 18.8. The van der Waals surface area contributed by atoms with Crippen molar-refractivity contribution >= 4 is 44.8 Å². The van der Waals surface area contributed by atoms with Crippen molar-refractivity contribution in [3.8, 4) is 11.4 Å². The third kappa shape index (κ3) is 3.61. The number of nitrogens with zero attached hydrogens (tertiary/aromatic N) is 3. The minimum atomic E-state index is -0.0557. The molecule has 0 saturated heterocycles. The molecule has 1 amide bonds. The average molecular weight is 395 g/mol. The molecule has 4 rings (SSSR count). The van der Waals surface area contributed by atoms with Crippen molar-refractivity contribution in [2.24, 2.45) is 7.05 Å². The lowest BCUT2D eigenvalue weighted by Gasteiger charge is -2.07. The molecule has 1 N–H and O–H groups in total. The molecule has 0 aliphatic rings. The van der Waals surface area contributed by atoms with Crippen molar-refractivity contribution in [3.63, 3.8) is 0 Å². The van der Waals surface area contributed by atoms with Crippen molar-refractivity contribution in [1.82, 2.24) is 14.8 Å². The second kappa shape index (κ2) is 7.54. The lowest BCUT2D eigenvalue weighted by atomic mass is 10.2. The summed E-state index contributed by atoms with van der Waals surface area (Å²) in [7, 11) is 1.93. The Hall–Kier alpha value is -2.64. The van der Waals surface area contributed by atoms with Gasteiger partial charge in [0.2, 0.25) is 5.91 Å². The molecule has 0 fully saturated rings. The van der Waals surface area contributed by atoms with Crippen molar-refractivity contribution in [3.05, 3.63) is 59.5 Å². The Bertz CT molecular complexity index is 1120. The third-order valence-electron chi connectivity index (χ3n) is 4.31. The molecule has 4 aromatic rings. The quantitative estimate of drug-likeness (QED) is 0.497. The van der Waals surface area contributed by atoms with Crippen LogP contribution < -0.4 is 5.32 Å². The van der Waals surface area contributed by atoms with Gasteiger partial charge in [-0.15, -0.1) is 21.5 Å². The van der Waals surface area contributed by atoms with E-state index < -0.39 is 0 Å². The van der Waals surface area contributed by atoms with Crippen LogP contribution in [0.1, 0.15) is 5.56 Å². The van der Waals surface area contributed by atoms with Crippen LogP contribution in [0.4, 0.5) is 5.69 Å². The highest BCUT2D eigenvalue weighted by molar-refractivity contribution is 7.99. The first-order chi connectivity index (χ1) is 13.1. The number of thiophene rings is 1. The highest BCUT2D eigenvalue weighted by Gasteiger charge is 2.16. The van der Waals surface area contributed by atoms with E-state index in [1.165, 1.54) is 21.8 Å². The summed E-state index contributed by atoms with van der Waals surface area (Å²) < 4.78 is 3.17. The number of rotatable bonds is 5. The third-order valence-corrected chi connectivity index (χ3v) is 6.29. The number of fused-ring (bicyclic) bond motifs is 1. The predicted octanol–water partition coefficient (Wildman–Crippen LogP) is 4.74. The van der Waals surface area contributed by atoms with Crippen molar-refractivity contribution in [2.45, 2.75) is 12.1 Å². The van der Waals surface area contributed by atoms with E-state index in [2.05, 4.69) is 33.0 Å². The molecule has 27 heavy (non-hydrogen) atoms. The summed E-state index contributed by atoms with van der Waals surface area (Å²) in [4.78, 5) is 12.3. The predicted molar refractivity (Wildman–Crippen MR) is 112 cm³/mol. The van der Waals surface area contributed by atoms with Gasteiger partial charge in [0.25, 0.3) is 0 Å². The first-order valence-electron chi connectivity index (χ1n) is 8.48. The molecule has 2 heterocycles. The summed E-state index contributed by atoms with van der Waals surface area (Å²) in [5, 5.41) is 15.6. The average Bonchev–Trinajstić information content (AvgIpc) is 3.25. The van der Waals surface area contributed by atoms with Gasteiger partial charge in [0.15, 0.2) is 11.0 Å². The number of benzene rings is 2. The zero-order valence-electron chi connectivity index (χ0n) is 15.0. The van der Waals surface area contributed by atoms with Gasteiger partial charge in [-0.3, -0.25) is 4.79 Å². The molecule has 2 aromatic carbocycles. The number of hydrogen-bond acceptors (Lipinski definition) is 5. The maximum absolute atomic E-state index is 12.3. The normalized spacial score (nSPS) is 11.0. The van der Waals surface area contributed by atoms with Crippen LogP contribution in [0.25, 0.3) is 21.5 Å². The smallest absolute Gasteiger partial charge is 0.234 e. The molecule has 0 aliphatic heterocycles. The van der Waals surface area contributed by atoms with Crippen LogP contribution in [0.2, 0.25) is 0 Å². The van der Waals surface area contributed by atoms with Crippen molar-refractivity contribution in [2.75, 3.05) is 11.1 Å². The Morgan fingerprint density at radius 3 is 2.78 bits per heavy atom. The number of hydrogen-bond donors (Lipinski definition) is 1. The Balaban J connectivity index is 1.48. The number of anilines is 1. The van der Waals surface area contributed by atoms with Crippen LogP contribution in [0, 0.1) is 6.92 Å². The highest BCUT2D eigenvalue weighted by atomic mass is 32.2. The van der Waals surface area contributed by atoms with E-state index in [-0.39, 0.29) is 11.7 Å². The van der Waals surface area contributed by atoms with Crippen LogP contribution in [-0.4, -0.2) is 26.4 Å². The number of nitrogens with one attached hydrogen (secondary N) is 1. The molecule has 0 aliphatic carbocycles. The lowest BCUT2D eigenvalue weighted by Crippen LogP contribution is -2.15. The van der Waals surface area contributed by atoms with Crippen LogP contribution in [0.5, 0.6) is 0 Å². The first-order valence-corrected chi connectivity index (χ1v) is 10.3. The van der Waals surface area contributed by atoms with Gasteiger partial charge in [0.1, 0.15) is 0 Å². The standard InChI is InChI=1S/C20H18N4OS2/c1-13-7-3-5-9-16(13)21-18(25)12-27-20-23-22-19(24(20)2)15-11-26-17-10-6-4-8-14(15)17/h3-11H,12H2,1-2H3,(H,21,25). The zero-order valence-corrected chi connectivity index (χ0v) is 16.6. The number of carbonyl (C=O) groups is 1. The Morgan fingerprint density at radius 2 is 1.93 bits per heavy atom. The van der Waals surface area contributed by atoms with Gasteiger partial charge in [-0.05, 0) is 24.6 Å². The molecule has 5 nitrogen and oxygen atoms in total. The molecule has 0 spiro atoms. The topological polar surface area (TPSA) is 59.8 Å². The van der Waals surface area contributed by atoms with E-state index in [0.717, 1.165) is 27.8 Å². The summed E-state index contributed by atoms with van der Waals surface area (Å²) in [5.74, 6) is 1.04. The van der Waals surface area contributed by atoms with Gasteiger partial charge in [-0.25, -0.2) is 0 Å². The minimum Gasteiger partial charge on any atom is -0.325 e. The minimum absolute atomic E-state index is 0.0557. The molecule has 0 bridgehead atoms. The van der Waals surface area contributed by atoms with Gasteiger partial charge >= 0.3 is 0 Å². The van der Waals surface area contributed by atoms with E-state index in [0.29, 0.717) is 0 Å². The van der Waals surface area contributed by atoms with Gasteiger partial charge < -0.3 is 9.88 Å². The van der Waals surface area contributed by atoms with Crippen LogP contribution in [-0.2, 0) is 11.8 Å².